The Balaban J connectivity index is 1.71. The maximum Gasteiger partial charge on any atom is 0.301 e. The number of methoxy groups -OCH3 is 2. The number of hydrogen-bond donors (Lipinski definition) is 1. The molecule has 1 amide bonds. The summed E-state index contributed by atoms with van der Waals surface area (Å²) >= 11 is 1.33. The number of aliphatic hydroxyl groups is 1. The Morgan fingerprint density at radius 1 is 0.972 bits per heavy atom. The number of anilines is 1. The molecule has 1 aliphatic heterocycles. The first-order valence-electron chi connectivity index (χ1n) is 11.3. The summed E-state index contributed by atoms with van der Waals surface area (Å²) in [6, 6.07) is 17.2. The number of carbonyl (C=O) groups is 2. The summed E-state index contributed by atoms with van der Waals surface area (Å²) in [5, 5.41) is 11.8. The number of aromatic nitrogens is 1. The number of ketones is 1. The van der Waals surface area contributed by atoms with Crippen LogP contribution >= 0.6 is 11.3 Å². The number of benzene rings is 3. The Bertz CT molecular complexity index is 1540. The van der Waals surface area contributed by atoms with Crippen molar-refractivity contribution in [3.63, 3.8) is 0 Å². The smallest absolute Gasteiger partial charge is 0.301 e. The average molecular weight is 501 g/mol. The Hall–Kier alpha value is -4.17. The number of carbonyl (C=O) groups excluding carboxylic acids is 2. The molecule has 0 saturated carbocycles. The van der Waals surface area contributed by atoms with Crippen molar-refractivity contribution in [2.24, 2.45) is 0 Å². The Labute approximate surface area is 212 Å². The van der Waals surface area contributed by atoms with Crippen LogP contribution in [0.4, 0.5) is 5.13 Å². The zero-order valence-corrected chi connectivity index (χ0v) is 21.1. The molecular weight excluding hydrogens is 476 g/mol. The quantitative estimate of drug-likeness (QED) is 0.219. The lowest BCUT2D eigenvalue weighted by Crippen LogP contribution is -2.29. The van der Waals surface area contributed by atoms with E-state index in [9.17, 15) is 14.7 Å². The fourth-order valence-electron chi connectivity index (χ4n) is 4.44. The summed E-state index contributed by atoms with van der Waals surface area (Å²) in [6.07, 6.45) is 0. The van der Waals surface area contributed by atoms with E-state index in [0.29, 0.717) is 27.8 Å². The van der Waals surface area contributed by atoms with Crippen LogP contribution in [0.5, 0.6) is 11.5 Å². The van der Waals surface area contributed by atoms with E-state index < -0.39 is 17.7 Å². The minimum atomic E-state index is -0.861. The van der Waals surface area contributed by atoms with E-state index in [2.05, 4.69) is 4.98 Å². The van der Waals surface area contributed by atoms with Crippen LogP contribution in [0, 0.1) is 13.8 Å². The minimum Gasteiger partial charge on any atom is -0.507 e. The molecule has 1 fully saturated rings. The van der Waals surface area contributed by atoms with Crippen molar-refractivity contribution in [3.05, 3.63) is 88.5 Å². The maximum atomic E-state index is 13.4. The molecule has 7 nitrogen and oxygen atoms in total. The second-order valence-corrected chi connectivity index (χ2v) is 9.60. The van der Waals surface area contributed by atoms with Crippen molar-refractivity contribution >= 4 is 44.1 Å². The molecule has 0 radical (unpaired) electrons. The molecule has 1 unspecified atom stereocenters. The zero-order valence-electron chi connectivity index (χ0n) is 20.2. The number of rotatable bonds is 5. The molecule has 0 bridgehead atoms. The van der Waals surface area contributed by atoms with Crippen LogP contribution < -0.4 is 14.4 Å². The van der Waals surface area contributed by atoms with E-state index in [1.807, 2.05) is 32.0 Å². The van der Waals surface area contributed by atoms with Gasteiger partial charge in [0.05, 0.1) is 36.1 Å². The van der Waals surface area contributed by atoms with Gasteiger partial charge in [0.2, 0.25) is 0 Å². The molecule has 5 rings (SSSR count). The van der Waals surface area contributed by atoms with Gasteiger partial charge >= 0.3 is 5.91 Å². The third kappa shape index (κ3) is 3.89. The third-order valence-electron chi connectivity index (χ3n) is 6.28. The molecule has 8 heteroatoms. The van der Waals surface area contributed by atoms with E-state index in [-0.39, 0.29) is 11.3 Å². The molecule has 1 aliphatic rings. The molecule has 0 spiro atoms. The predicted molar refractivity (Wildman–Crippen MR) is 140 cm³/mol. The highest BCUT2D eigenvalue weighted by Gasteiger charge is 2.48. The Kier molecular flexibility index (Phi) is 5.97. The number of ether oxygens (including phenoxy) is 2. The van der Waals surface area contributed by atoms with E-state index >= 15 is 0 Å². The van der Waals surface area contributed by atoms with Crippen LogP contribution in [-0.4, -0.2) is 36.0 Å². The van der Waals surface area contributed by atoms with Gasteiger partial charge in [0, 0.05) is 5.56 Å². The molecular formula is C28H24N2O5S. The van der Waals surface area contributed by atoms with Crippen molar-refractivity contribution in [2.45, 2.75) is 19.9 Å². The van der Waals surface area contributed by atoms with E-state index in [1.54, 1.807) is 56.7 Å². The van der Waals surface area contributed by atoms with Gasteiger partial charge in [-0.2, -0.15) is 0 Å². The number of amides is 1. The van der Waals surface area contributed by atoms with Crippen molar-refractivity contribution in [2.75, 3.05) is 19.1 Å². The molecule has 2 heterocycles. The topological polar surface area (TPSA) is 89.0 Å². The van der Waals surface area contributed by atoms with Gasteiger partial charge in [0.15, 0.2) is 5.13 Å². The van der Waals surface area contributed by atoms with Crippen LogP contribution in [0.15, 0.2) is 66.2 Å². The van der Waals surface area contributed by atoms with Crippen molar-refractivity contribution in [3.8, 4) is 11.5 Å². The van der Waals surface area contributed by atoms with Gasteiger partial charge in [-0.05, 0) is 73.0 Å². The summed E-state index contributed by atoms with van der Waals surface area (Å²) < 4.78 is 11.5. The molecule has 182 valence electrons. The molecule has 1 atom stereocenters. The lowest BCUT2D eigenvalue weighted by Gasteiger charge is -2.23. The van der Waals surface area contributed by atoms with Crippen LogP contribution in [0.25, 0.3) is 16.0 Å². The summed E-state index contributed by atoms with van der Waals surface area (Å²) in [5.41, 5.74) is 3.67. The molecule has 1 N–H and O–H groups in total. The molecule has 1 saturated heterocycles. The normalized spacial score (nSPS) is 17.1. The highest BCUT2D eigenvalue weighted by Crippen LogP contribution is 2.44. The molecule has 1 aromatic heterocycles. The summed E-state index contributed by atoms with van der Waals surface area (Å²) in [5.74, 6) is -0.463. The van der Waals surface area contributed by atoms with Gasteiger partial charge in [-0.3, -0.25) is 14.5 Å². The summed E-state index contributed by atoms with van der Waals surface area (Å²) in [6.45, 7) is 3.83. The van der Waals surface area contributed by atoms with Crippen LogP contribution in [0.3, 0.4) is 0 Å². The number of Topliss-reactive ketones (excluding diaryl/α,β-unsaturated/α-hetero) is 1. The number of hydrogen-bond acceptors (Lipinski definition) is 7. The minimum absolute atomic E-state index is 0.00479. The highest BCUT2D eigenvalue weighted by molar-refractivity contribution is 7.22. The predicted octanol–water partition coefficient (Wildman–Crippen LogP) is 5.56. The lowest BCUT2D eigenvalue weighted by molar-refractivity contribution is -0.132. The Morgan fingerprint density at radius 3 is 2.39 bits per heavy atom. The largest absolute Gasteiger partial charge is 0.507 e. The first-order valence-corrected chi connectivity index (χ1v) is 12.1. The molecule has 0 aliphatic carbocycles. The van der Waals surface area contributed by atoms with Crippen molar-refractivity contribution in [1.29, 1.82) is 0 Å². The molecule has 36 heavy (non-hydrogen) atoms. The molecule has 3 aromatic carbocycles. The van der Waals surface area contributed by atoms with Gasteiger partial charge in [-0.25, -0.2) is 4.98 Å². The third-order valence-corrected chi connectivity index (χ3v) is 7.30. The van der Waals surface area contributed by atoms with Gasteiger partial charge in [0.1, 0.15) is 17.3 Å². The number of aryl methyl sites for hydroxylation is 2. The van der Waals surface area contributed by atoms with Crippen LogP contribution in [-0.2, 0) is 9.59 Å². The second kappa shape index (κ2) is 9.13. The standard InChI is InChI=1S/C28H24N2O5S/c1-15-5-11-20-22(13-15)36-28(29-20)30-24(17-6-9-19(34-3)10-7-17)23(26(32)27(30)33)25(31)18-8-12-21(35-4)16(2)14-18/h5-14,24,31H,1-4H3. The monoisotopic (exact) mass is 500 g/mol. The molecule has 4 aromatic rings. The Morgan fingerprint density at radius 2 is 1.72 bits per heavy atom. The maximum absolute atomic E-state index is 13.4. The van der Waals surface area contributed by atoms with Crippen molar-refractivity contribution < 1.29 is 24.2 Å². The first-order chi connectivity index (χ1) is 17.3. The lowest BCUT2D eigenvalue weighted by atomic mass is 9.95. The SMILES string of the molecule is COc1ccc(C2C(=C(O)c3ccc(OC)c(C)c3)C(=O)C(=O)N2c2nc3ccc(C)cc3s2)cc1. The first kappa shape index (κ1) is 23.6. The summed E-state index contributed by atoms with van der Waals surface area (Å²) in [4.78, 5) is 32.9. The van der Waals surface area contributed by atoms with E-state index in [1.165, 1.54) is 16.2 Å². The van der Waals surface area contributed by atoms with Gasteiger partial charge in [-0.1, -0.05) is 29.5 Å². The highest BCUT2D eigenvalue weighted by atomic mass is 32.1. The average Bonchev–Trinajstić information content (AvgIpc) is 3.41. The zero-order chi connectivity index (χ0) is 25.6. The number of thiazole rings is 1. The summed E-state index contributed by atoms with van der Waals surface area (Å²) in [7, 11) is 3.13. The van der Waals surface area contributed by atoms with Crippen molar-refractivity contribution in [1.82, 2.24) is 4.98 Å². The van der Waals surface area contributed by atoms with E-state index in [4.69, 9.17) is 9.47 Å². The number of aliphatic hydroxyl groups excluding tert-OH is 1. The van der Waals surface area contributed by atoms with Gasteiger partial charge in [0.25, 0.3) is 5.78 Å². The number of fused-ring (bicyclic) bond motifs is 1. The second-order valence-electron chi connectivity index (χ2n) is 8.59. The van der Waals surface area contributed by atoms with Gasteiger partial charge in [-0.15, -0.1) is 0 Å². The fraction of sp³-hybridized carbons (Fsp3) is 0.179. The number of nitrogens with zero attached hydrogens (tertiary/aromatic N) is 2. The van der Waals surface area contributed by atoms with Crippen LogP contribution in [0.1, 0.15) is 28.3 Å². The van der Waals surface area contributed by atoms with Gasteiger partial charge < -0.3 is 14.6 Å². The van der Waals surface area contributed by atoms with E-state index in [0.717, 1.165) is 21.3 Å². The van der Waals surface area contributed by atoms with Crippen LogP contribution in [0.2, 0.25) is 0 Å². The fourth-order valence-corrected chi connectivity index (χ4v) is 5.53.